The van der Waals surface area contributed by atoms with E-state index in [1.807, 2.05) is 0 Å². The molecule has 0 aliphatic carbocycles. The van der Waals surface area contributed by atoms with Crippen LogP contribution in [0.2, 0.25) is 0 Å². The number of nitrogens with zero attached hydrogens (tertiary/aromatic N) is 2. The summed E-state index contributed by atoms with van der Waals surface area (Å²) in [7, 11) is -3.97. The fourth-order valence-corrected chi connectivity index (χ4v) is 2.29. The standard InChI is InChI=1S/C10H8FN3O2S/c11-8-4-1-2-5-9(8)17(15,16)14-10-6-3-7-12-13-10/h1-7H,(H,13,14). The van der Waals surface area contributed by atoms with Gasteiger partial charge in [-0.1, -0.05) is 12.1 Å². The van der Waals surface area contributed by atoms with E-state index in [2.05, 4.69) is 14.9 Å². The number of anilines is 1. The summed E-state index contributed by atoms with van der Waals surface area (Å²) in [5.41, 5.74) is 0. The third-order valence-electron chi connectivity index (χ3n) is 1.94. The van der Waals surface area contributed by atoms with E-state index in [0.29, 0.717) is 0 Å². The van der Waals surface area contributed by atoms with Gasteiger partial charge in [0, 0.05) is 6.20 Å². The van der Waals surface area contributed by atoms with Crippen LogP contribution < -0.4 is 4.72 Å². The number of rotatable bonds is 3. The molecule has 0 fully saturated rings. The summed E-state index contributed by atoms with van der Waals surface area (Å²) in [5, 5.41) is 7.07. The second kappa shape index (κ2) is 4.46. The second-order valence-electron chi connectivity index (χ2n) is 3.14. The highest BCUT2D eigenvalue weighted by Crippen LogP contribution is 2.16. The summed E-state index contributed by atoms with van der Waals surface area (Å²) in [5.74, 6) is -0.778. The lowest BCUT2D eigenvalue weighted by molar-refractivity contribution is 0.570. The Morgan fingerprint density at radius 1 is 1.12 bits per heavy atom. The van der Waals surface area contributed by atoms with Gasteiger partial charge in [-0.05, 0) is 24.3 Å². The first-order chi connectivity index (χ1) is 8.09. The fraction of sp³-hybridized carbons (Fsp3) is 0. The molecule has 0 radical (unpaired) electrons. The molecule has 0 spiro atoms. The van der Waals surface area contributed by atoms with Gasteiger partial charge in [0.2, 0.25) is 0 Å². The van der Waals surface area contributed by atoms with Crippen molar-refractivity contribution in [1.82, 2.24) is 10.2 Å². The van der Waals surface area contributed by atoms with E-state index in [-0.39, 0.29) is 5.82 Å². The molecule has 0 bridgehead atoms. The van der Waals surface area contributed by atoms with Crippen molar-refractivity contribution in [2.24, 2.45) is 0 Å². The van der Waals surface area contributed by atoms with Crippen molar-refractivity contribution in [3.05, 3.63) is 48.4 Å². The number of sulfonamides is 1. The molecule has 0 aliphatic heterocycles. The molecule has 0 unspecified atom stereocenters. The highest BCUT2D eigenvalue weighted by atomic mass is 32.2. The third-order valence-corrected chi connectivity index (χ3v) is 3.33. The first kappa shape index (κ1) is 11.5. The Bertz CT molecular complexity index is 616. The van der Waals surface area contributed by atoms with Gasteiger partial charge < -0.3 is 0 Å². The molecule has 1 aromatic carbocycles. The maximum Gasteiger partial charge on any atom is 0.266 e. The van der Waals surface area contributed by atoms with Crippen molar-refractivity contribution in [1.29, 1.82) is 0 Å². The minimum atomic E-state index is -3.97. The van der Waals surface area contributed by atoms with Gasteiger partial charge in [-0.3, -0.25) is 4.72 Å². The Morgan fingerprint density at radius 3 is 2.53 bits per heavy atom. The molecule has 2 aromatic rings. The molecule has 0 amide bonds. The van der Waals surface area contributed by atoms with Crippen LogP contribution >= 0.6 is 0 Å². The minimum absolute atomic E-state index is 0.0377. The SMILES string of the molecule is O=S(=O)(Nc1cccnn1)c1ccccc1F. The van der Waals surface area contributed by atoms with Crippen LogP contribution in [0, 0.1) is 5.82 Å². The lowest BCUT2D eigenvalue weighted by Gasteiger charge is -2.06. The Kier molecular flexibility index (Phi) is 3.01. The molecule has 0 atom stereocenters. The van der Waals surface area contributed by atoms with Crippen molar-refractivity contribution in [3.63, 3.8) is 0 Å². The quantitative estimate of drug-likeness (QED) is 0.897. The predicted octanol–water partition coefficient (Wildman–Crippen LogP) is 1.42. The van der Waals surface area contributed by atoms with Gasteiger partial charge in [0.05, 0.1) is 0 Å². The molecule has 2 rings (SSSR count). The summed E-state index contributed by atoms with van der Waals surface area (Å²) >= 11 is 0. The number of aromatic nitrogens is 2. The lowest BCUT2D eigenvalue weighted by atomic mass is 10.4. The van der Waals surface area contributed by atoms with Gasteiger partial charge in [-0.15, -0.1) is 5.10 Å². The lowest BCUT2D eigenvalue weighted by Crippen LogP contribution is -2.15. The highest BCUT2D eigenvalue weighted by molar-refractivity contribution is 7.92. The van der Waals surface area contributed by atoms with Crippen LogP contribution in [0.1, 0.15) is 0 Å². The molecular weight excluding hydrogens is 245 g/mol. The Balaban J connectivity index is 2.36. The Morgan fingerprint density at radius 2 is 1.88 bits per heavy atom. The Hall–Kier alpha value is -2.02. The molecule has 1 heterocycles. The zero-order chi connectivity index (χ0) is 12.3. The van der Waals surface area contributed by atoms with Gasteiger partial charge in [-0.2, -0.15) is 5.10 Å². The molecule has 0 saturated heterocycles. The van der Waals surface area contributed by atoms with Gasteiger partial charge in [-0.25, -0.2) is 12.8 Å². The van der Waals surface area contributed by atoms with Crippen molar-refractivity contribution in [2.75, 3.05) is 4.72 Å². The number of hydrogen-bond donors (Lipinski definition) is 1. The normalized spacial score (nSPS) is 11.1. The summed E-state index contributed by atoms with van der Waals surface area (Å²) in [6, 6.07) is 8.04. The van der Waals surface area contributed by atoms with Gasteiger partial charge in [0.25, 0.3) is 10.0 Å². The van der Waals surface area contributed by atoms with Crippen LogP contribution in [0.25, 0.3) is 0 Å². The van der Waals surface area contributed by atoms with Crippen molar-refractivity contribution >= 4 is 15.8 Å². The average molecular weight is 253 g/mol. The molecule has 1 N–H and O–H groups in total. The van der Waals surface area contributed by atoms with Gasteiger partial charge in [0.15, 0.2) is 5.82 Å². The maximum atomic E-state index is 13.3. The number of halogens is 1. The predicted molar refractivity (Wildman–Crippen MR) is 59.2 cm³/mol. The first-order valence-corrected chi connectivity index (χ1v) is 6.13. The first-order valence-electron chi connectivity index (χ1n) is 4.65. The zero-order valence-corrected chi connectivity index (χ0v) is 9.36. The largest absolute Gasteiger partial charge is 0.266 e. The molecular formula is C10H8FN3O2S. The molecule has 88 valence electrons. The summed E-state index contributed by atoms with van der Waals surface area (Å²) < 4.78 is 39.1. The highest BCUT2D eigenvalue weighted by Gasteiger charge is 2.18. The van der Waals surface area contributed by atoms with E-state index in [4.69, 9.17) is 0 Å². The minimum Gasteiger partial charge on any atom is -0.262 e. The van der Waals surface area contributed by atoms with Crippen molar-refractivity contribution in [2.45, 2.75) is 4.90 Å². The average Bonchev–Trinajstić information content (AvgIpc) is 2.30. The van der Waals surface area contributed by atoms with Crippen molar-refractivity contribution < 1.29 is 12.8 Å². The number of benzene rings is 1. The second-order valence-corrected chi connectivity index (χ2v) is 4.80. The van der Waals surface area contributed by atoms with Crippen LogP contribution in [-0.4, -0.2) is 18.6 Å². The van der Waals surface area contributed by atoms with Gasteiger partial charge >= 0.3 is 0 Å². The number of hydrogen-bond acceptors (Lipinski definition) is 4. The fourth-order valence-electron chi connectivity index (χ4n) is 1.21. The van der Waals surface area contributed by atoms with Crippen LogP contribution in [0.5, 0.6) is 0 Å². The molecule has 0 saturated carbocycles. The molecule has 0 aliphatic rings. The monoisotopic (exact) mass is 253 g/mol. The van der Waals surface area contributed by atoms with Gasteiger partial charge in [0.1, 0.15) is 10.7 Å². The van der Waals surface area contributed by atoms with E-state index in [1.54, 1.807) is 0 Å². The number of nitrogens with one attached hydrogen (secondary N) is 1. The van der Waals surface area contributed by atoms with E-state index in [0.717, 1.165) is 6.07 Å². The van der Waals surface area contributed by atoms with E-state index < -0.39 is 20.7 Å². The zero-order valence-electron chi connectivity index (χ0n) is 8.54. The maximum absolute atomic E-state index is 13.3. The van der Waals surface area contributed by atoms with E-state index >= 15 is 0 Å². The molecule has 17 heavy (non-hydrogen) atoms. The van der Waals surface area contributed by atoms with E-state index in [9.17, 15) is 12.8 Å². The Labute approximate surface area is 97.4 Å². The van der Waals surface area contributed by atoms with Crippen LogP contribution in [0.4, 0.5) is 10.2 Å². The van der Waals surface area contributed by atoms with Crippen LogP contribution in [0.3, 0.4) is 0 Å². The summed E-state index contributed by atoms with van der Waals surface area (Å²) in [6.45, 7) is 0. The molecule has 1 aromatic heterocycles. The van der Waals surface area contributed by atoms with Crippen LogP contribution in [0.15, 0.2) is 47.5 Å². The topological polar surface area (TPSA) is 72.0 Å². The van der Waals surface area contributed by atoms with E-state index in [1.165, 1.54) is 36.5 Å². The summed E-state index contributed by atoms with van der Waals surface area (Å²) in [4.78, 5) is -0.425. The smallest absolute Gasteiger partial charge is 0.262 e. The molecule has 5 nitrogen and oxygen atoms in total. The summed E-state index contributed by atoms with van der Waals surface area (Å²) in [6.07, 6.45) is 1.40. The third kappa shape index (κ3) is 2.56. The van der Waals surface area contributed by atoms with Crippen molar-refractivity contribution in [3.8, 4) is 0 Å². The molecule has 7 heteroatoms. The van der Waals surface area contributed by atoms with Crippen LogP contribution in [-0.2, 0) is 10.0 Å².